The van der Waals surface area contributed by atoms with Gasteiger partial charge in [-0.3, -0.25) is 9.69 Å². The molecule has 6 heteroatoms. The van der Waals surface area contributed by atoms with Crippen LogP contribution in [-0.2, 0) is 11.3 Å². The van der Waals surface area contributed by atoms with Crippen LogP contribution in [0.3, 0.4) is 0 Å². The minimum absolute atomic E-state index is 0.188. The van der Waals surface area contributed by atoms with Gasteiger partial charge in [-0.05, 0) is 61.9 Å². The first-order valence-corrected chi connectivity index (χ1v) is 11.6. The molecule has 0 saturated carbocycles. The zero-order chi connectivity index (χ0) is 23.3. The lowest BCUT2D eigenvalue weighted by Crippen LogP contribution is -2.46. The fourth-order valence-corrected chi connectivity index (χ4v) is 4.09. The summed E-state index contributed by atoms with van der Waals surface area (Å²) in [6, 6.07) is 25.4. The molecule has 0 atom stereocenters. The number of nitrogens with one attached hydrogen (secondary N) is 1. The Labute approximate surface area is 200 Å². The number of hydrogen-bond donors (Lipinski definition) is 1. The van der Waals surface area contributed by atoms with Crippen molar-refractivity contribution in [3.63, 3.8) is 0 Å². The minimum atomic E-state index is -0.988. The number of carbonyl (C=O) groups excluding carboxylic acids is 1. The number of amides is 1. The third kappa shape index (κ3) is 6.06. The van der Waals surface area contributed by atoms with Crippen LogP contribution in [0.4, 0.5) is 11.4 Å². The summed E-state index contributed by atoms with van der Waals surface area (Å²) in [4.78, 5) is 17.6. The summed E-state index contributed by atoms with van der Waals surface area (Å²) in [5.41, 5.74) is 2.10. The normalized spacial score (nSPS) is 14.7. The van der Waals surface area contributed by atoms with Crippen molar-refractivity contribution in [2.45, 2.75) is 26.0 Å². The van der Waals surface area contributed by atoms with Gasteiger partial charge in [0.25, 0.3) is 5.91 Å². The summed E-state index contributed by atoms with van der Waals surface area (Å²) in [5.74, 6) is 0.481. The van der Waals surface area contributed by atoms with Crippen LogP contribution < -0.4 is 15.0 Å². The van der Waals surface area contributed by atoms with Crippen LogP contribution in [0.25, 0.3) is 0 Å². The third-order valence-electron chi connectivity index (χ3n) is 5.88. The highest BCUT2D eigenvalue weighted by atomic mass is 35.5. The maximum Gasteiger partial charge on any atom is 0.267 e. The molecule has 5 nitrogen and oxygen atoms in total. The smallest absolute Gasteiger partial charge is 0.267 e. The van der Waals surface area contributed by atoms with E-state index in [1.807, 2.05) is 60.7 Å². The van der Waals surface area contributed by atoms with Crippen LogP contribution in [0.1, 0.15) is 19.4 Å². The Balaban J connectivity index is 1.29. The summed E-state index contributed by atoms with van der Waals surface area (Å²) >= 11 is 6.31. The van der Waals surface area contributed by atoms with Gasteiger partial charge < -0.3 is 15.0 Å². The van der Waals surface area contributed by atoms with Crippen LogP contribution in [-0.4, -0.2) is 42.6 Å². The Hall–Kier alpha value is -3.02. The molecular formula is C27H30ClN3O2. The second kappa shape index (κ2) is 10.3. The largest absolute Gasteiger partial charge is 0.478 e. The predicted molar refractivity (Wildman–Crippen MR) is 135 cm³/mol. The number of anilines is 2. The fraction of sp³-hybridized carbons (Fsp3) is 0.296. The zero-order valence-corrected chi connectivity index (χ0v) is 19.9. The monoisotopic (exact) mass is 463 g/mol. The number of benzene rings is 3. The van der Waals surface area contributed by atoms with Crippen LogP contribution in [0.15, 0.2) is 78.9 Å². The Bertz CT molecular complexity index is 1060. The average molecular weight is 464 g/mol. The lowest BCUT2D eigenvalue weighted by Gasteiger charge is -2.36. The van der Waals surface area contributed by atoms with E-state index < -0.39 is 5.60 Å². The molecule has 1 aliphatic heterocycles. The Morgan fingerprint density at radius 2 is 1.55 bits per heavy atom. The van der Waals surface area contributed by atoms with Gasteiger partial charge in [-0.25, -0.2) is 0 Å². The molecule has 0 unspecified atom stereocenters. The Kier molecular flexibility index (Phi) is 7.21. The van der Waals surface area contributed by atoms with Gasteiger partial charge >= 0.3 is 0 Å². The molecule has 1 fully saturated rings. The van der Waals surface area contributed by atoms with Gasteiger partial charge in [-0.2, -0.15) is 0 Å². The number of nitrogens with zero attached hydrogens (tertiary/aromatic N) is 2. The molecule has 172 valence electrons. The Morgan fingerprint density at radius 1 is 0.909 bits per heavy atom. The van der Waals surface area contributed by atoms with Crippen LogP contribution >= 0.6 is 11.6 Å². The van der Waals surface area contributed by atoms with Gasteiger partial charge in [0.2, 0.25) is 0 Å². The van der Waals surface area contributed by atoms with Gasteiger partial charge in [0.1, 0.15) is 5.75 Å². The molecule has 0 aliphatic carbocycles. The molecule has 33 heavy (non-hydrogen) atoms. The van der Waals surface area contributed by atoms with E-state index in [0.29, 0.717) is 5.75 Å². The molecule has 0 bridgehead atoms. The van der Waals surface area contributed by atoms with E-state index in [-0.39, 0.29) is 5.91 Å². The van der Waals surface area contributed by atoms with E-state index in [4.69, 9.17) is 16.3 Å². The first-order valence-electron chi connectivity index (χ1n) is 11.3. The standard InChI is InChI=1S/C27H30ClN3O2/c1-27(2,33-24-9-4-3-5-10-24)26(32)29-22-12-14-23(15-13-22)31-18-16-30(17-19-31)20-21-8-6-7-11-25(21)28/h3-15H,16-20H2,1-2H3,(H,29,32). The molecule has 1 saturated heterocycles. The molecule has 4 rings (SSSR count). The molecule has 3 aromatic carbocycles. The van der Waals surface area contributed by atoms with E-state index in [1.165, 1.54) is 5.56 Å². The average Bonchev–Trinajstić information content (AvgIpc) is 2.82. The highest BCUT2D eigenvalue weighted by Crippen LogP contribution is 2.24. The first kappa shape index (κ1) is 23.1. The maximum absolute atomic E-state index is 12.8. The van der Waals surface area contributed by atoms with E-state index in [2.05, 4.69) is 33.3 Å². The summed E-state index contributed by atoms with van der Waals surface area (Å²) in [5, 5.41) is 3.80. The fourth-order valence-electron chi connectivity index (χ4n) is 3.90. The highest BCUT2D eigenvalue weighted by Gasteiger charge is 2.30. The second-order valence-electron chi connectivity index (χ2n) is 8.78. The summed E-state index contributed by atoms with van der Waals surface area (Å²) in [6.45, 7) is 8.28. The lowest BCUT2D eigenvalue weighted by atomic mass is 10.1. The molecule has 1 N–H and O–H groups in total. The van der Waals surface area contributed by atoms with Crippen molar-refractivity contribution in [2.75, 3.05) is 36.4 Å². The van der Waals surface area contributed by atoms with E-state index in [0.717, 1.165) is 49.1 Å². The number of carbonyl (C=O) groups is 1. The van der Waals surface area contributed by atoms with Gasteiger partial charge in [0.05, 0.1) is 0 Å². The van der Waals surface area contributed by atoms with Crippen molar-refractivity contribution in [2.24, 2.45) is 0 Å². The van der Waals surface area contributed by atoms with Crippen molar-refractivity contribution < 1.29 is 9.53 Å². The Morgan fingerprint density at radius 3 is 2.21 bits per heavy atom. The summed E-state index contributed by atoms with van der Waals surface area (Å²) in [6.07, 6.45) is 0. The van der Waals surface area contributed by atoms with Crippen molar-refractivity contribution in [3.05, 3.63) is 89.4 Å². The maximum atomic E-state index is 12.8. The molecule has 1 amide bonds. The van der Waals surface area contributed by atoms with Gasteiger partial charge in [0, 0.05) is 49.1 Å². The van der Waals surface area contributed by atoms with Gasteiger partial charge in [-0.15, -0.1) is 0 Å². The van der Waals surface area contributed by atoms with Crippen molar-refractivity contribution in [1.82, 2.24) is 4.90 Å². The molecule has 1 heterocycles. The van der Waals surface area contributed by atoms with E-state index in [9.17, 15) is 4.79 Å². The quantitative estimate of drug-likeness (QED) is 0.505. The van der Waals surface area contributed by atoms with E-state index >= 15 is 0 Å². The number of piperazine rings is 1. The van der Waals surface area contributed by atoms with Crippen LogP contribution in [0.5, 0.6) is 5.75 Å². The molecule has 0 spiro atoms. The third-order valence-corrected chi connectivity index (χ3v) is 6.25. The lowest BCUT2D eigenvalue weighted by molar-refractivity contribution is -0.128. The van der Waals surface area contributed by atoms with Gasteiger partial charge in [-0.1, -0.05) is 48.0 Å². The number of rotatable bonds is 7. The molecule has 0 radical (unpaired) electrons. The molecule has 1 aliphatic rings. The number of halogens is 1. The van der Waals surface area contributed by atoms with Crippen molar-refractivity contribution in [3.8, 4) is 5.75 Å². The van der Waals surface area contributed by atoms with Crippen LogP contribution in [0, 0.1) is 0 Å². The second-order valence-corrected chi connectivity index (χ2v) is 9.19. The predicted octanol–water partition coefficient (Wildman–Crippen LogP) is 5.46. The summed E-state index contributed by atoms with van der Waals surface area (Å²) in [7, 11) is 0. The van der Waals surface area contributed by atoms with E-state index in [1.54, 1.807) is 13.8 Å². The van der Waals surface area contributed by atoms with Crippen LogP contribution in [0.2, 0.25) is 5.02 Å². The highest BCUT2D eigenvalue weighted by molar-refractivity contribution is 6.31. The zero-order valence-electron chi connectivity index (χ0n) is 19.1. The molecule has 0 aromatic heterocycles. The number of hydrogen-bond acceptors (Lipinski definition) is 4. The number of para-hydroxylation sites is 1. The first-order chi connectivity index (χ1) is 15.9. The number of ether oxygens (including phenoxy) is 1. The topological polar surface area (TPSA) is 44.8 Å². The van der Waals surface area contributed by atoms with Crippen molar-refractivity contribution in [1.29, 1.82) is 0 Å². The molecular weight excluding hydrogens is 434 g/mol. The minimum Gasteiger partial charge on any atom is -0.478 e. The molecule has 3 aromatic rings. The SMILES string of the molecule is CC(C)(Oc1ccccc1)C(=O)Nc1ccc(N2CCN(Cc3ccccc3Cl)CC2)cc1. The van der Waals surface area contributed by atoms with Gasteiger partial charge in [0.15, 0.2) is 5.60 Å². The summed E-state index contributed by atoms with van der Waals surface area (Å²) < 4.78 is 5.88. The van der Waals surface area contributed by atoms with Crippen molar-refractivity contribution >= 4 is 28.9 Å².